The molecule has 1 aromatic carbocycles. The maximum atomic E-state index is 11.3. The average Bonchev–Trinajstić information content (AvgIpc) is 2.76. The van der Waals surface area contributed by atoms with Crippen molar-refractivity contribution < 1.29 is 19.1 Å². The molecule has 17 heavy (non-hydrogen) atoms. The van der Waals surface area contributed by atoms with E-state index in [1.54, 1.807) is 18.2 Å². The van der Waals surface area contributed by atoms with Gasteiger partial charge in [0.05, 0.1) is 7.11 Å². The summed E-state index contributed by atoms with van der Waals surface area (Å²) in [4.78, 5) is 11.3. The van der Waals surface area contributed by atoms with Crippen molar-refractivity contribution in [1.82, 2.24) is 0 Å². The van der Waals surface area contributed by atoms with E-state index in [1.807, 2.05) is 0 Å². The molecular formula is C13H12O4. The normalized spacial score (nSPS) is 10.4. The molecule has 0 aliphatic rings. The number of furan rings is 1. The van der Waals surface area contributed by atoms with Crippen molar-refractivity contribution in [1.29, 1.82) is 0 Å². The van der Waals surface area contributed by atoms with Gasteiger partial charge in [-0.1, -0.05) is 6.08 Å². The molecule has 0 bridgehead atoms. The van der Waals surface area contributed by atoms with Crippen LogP contribution in [0.5, 0.6) is 5.75 Å². The van der Waals surface area contributed by atoms with Crippen LogP contribution in [0.25, 0.3) is 11.0 Å². The summed E-state index contributed by atoms with van der Waals surface area (Å²) in [7, 11) is 1.29. The summed E-state index contributed by atoms with van der Waals surface area (Å²) in [5, 5.41) is 10.4. The van der Waals surface area contributed by atoms with Gasteiger partial charge in [0.2, 0.25) is 5.76 Å². The first-order valence-corrected chi connectivity index (χ1v) is 5.11. The van der Waals surface area contributed by atoms with E-state index < -0.39 is 5.97 Å². The van der Waals surface area contributed by atoms with E-state index in [4.69, 9.17) is 4.42 Å². The molecule has 1 aromatic heterocycles. The fourth-order valence-electron chi connectivity index (χ4n) is 1.72. The van der Waals surface area contributed by atoms with Crippen molar-refractivity contribution in [2.75, 3.05) is 7.11 Å². The van der Waals surface area contributed by atoms with Gasteiger partial charge in [-0.3, -0.25) is 0 Å². The number of rotatable bonds is 3. The summed E-state index contributed by atoms with van der Waals surface area (Å²) in [6.45, 7) is 3.63. The van der Waals surface area contributed by atoms with E-state index >= 15 is 0 Å². The fourth-order valence-corrected chi connectivity index (χ4v) is 1.72. The molecule has 0 saturated heterocycles. The topological polar surface area (TPSA) is 59.7 Å². The molecule has 0 spiro atoms. The zero-order valence-corrected chi connectivity index (χ0v) is 9.40. The Morgan fingerprint density at radius 3 is 3.00 bits per heavy atom. The van der Waals surface area contributed by atoms with E-state index in [9.17, 15) is 9.90 Å². The Kier molecular flexibility index (Phi) is 2.87. The van der Waals surface area contributed by atoms with Crippen molar-refractivity contribution in [2.45, 2.75) is 6.42 Å². The highest BCUT2D eigenvalue weighted by atomic mass is 16.5. The van der Waals surface area contributed by atoms with Crippen LogP contribution in [0.15, 0.2) is 35.3 Å². The minimum absolute atomic E-state index is 0.124. The summed E-state index contributed by atoms with van der Waals surface area (Å²) >= 11 is 0. The summed E-state index contributed by atoms with van der Waals surface area (Å²) < 4.78 is 9.92. The Bertz CT molecular complexity index is 580. The highest BCUT2D eigenvalue weighted by molar-refractivity contribution is 5.94. The summed E-state index contributed by atoms with van der Waals surface area (Å²) in [5.41, 5.74) is 1.23. The molecule has 4 heteroatoms. The van der Waals surface area contributed by atoms with E-state index in [2.05, 4.69) is 11.3 Å². The molecule has 0 amide bonds. The number of benzene rings is 1. The average molecular weight is 232 g/mol. The molecule has 0 unspecified atom stereocenters. The monoisotopic (exact) mass is 232 g/mol. The molecule has 2 rings (SSSR count). The van der Waals surface area contributed by atoms with Gasteiger partial charge < -0.3 is 14.3 Å². The van der Waals surface area contributed by atoms with Crippen LogP contribution in [0.3, 0.4) is 0 Å². The number of esters is 1. The van der Waals surface area contributed by atoms with Crippen LogP contribution in [-0.4, -0.2) is 18.2 Å². The van der Waals surface area contributed by atoms with E-state index in [1.165, 1.54) is 13.2 Å². The fraction of sp³-hybridized carbons (Fsp3) is 0.154. The molecule has 0 fully saturated rings. The molecule has 0 aliphatic heterocycles. The third kappa shape index (κ3) is 1.89. The number of hydrogen-bond donors (Lipinski definition) is 1. The number of phenolic OH excluding ortho intramolecular Hbond substituents is 1. The molecule has 1 N–H and O–H groups in total. The van der Waals surface area contributed by atoms with Gasteiger partial charge in [0.25, 0.3) is 0 Å². The number of allylic oxidation sites excluding steroid dienone is 1. The Morgan fingerprint density at radius 1 is 1.59 bits per heavy atom. The van der Waals surface area contributed by atoms with Gasteiger partial charge in [-0.25, -0.2) is 4.79 Å². The van der Waals surface area contributed by atoms with Crippen LogP contribution in [0, 0.1) is 0 Å². The van der Waals surface area contributed by atoms with Gasteiger partial charge in [-0.05, 0) is 24.6 Å². The lowest BCUT2D eigenvalue weighted by Gasteiger charge is -2.01. The third-order valence-corrected chi connectivity index (χ3v) is 2.52. The number of carbonyl (C=O) groups is 1. The standard InChI is InChI=1S/C13H12O4/c1-3-4-8-9-7-12(13(15)16-2)17-11(9)6-5-10(8)14/h3,5-7,14H,1,4H2,2H3. The summed E-state index contributed by atoms with van der Waals surface area (Å²) in [5.74, 6) is -0.252. The Labute approximate surface area is 98.1 Å². The maximum absolute atomic E-state index is 11.3. The number of hydrogen-bond acceptors (Lipinski definition) is 4. The number of aromatic hydroxyl groups is 1. The molecule has 0 saturated carbocycles. The van der Waals surface area contributed by atoms with Gasteiger partial charge in [-0.2, -0.15) is 0 Å². The Balaban J connectivity index is 2.63. The van der Waals surface area contributed by atoms with E-state index in [0.717, 1.165) is 0 Å². The van der Waals surface area contributed by atoms with Crippen molar-refractivity contribution in [3.05, 3.63) is 42.2 Å². The van der Waals surface area contributed by atoms with Crippen LogP contribution in [0.2, 0.25) is 0 Å². The van der Waals surface area contributed by atoms with Crippen molar-refractivity contribution in [2.24, 2.45) is 0 Å². The van der Waals surface area contributed by atoms with Crippen LogP contribution < -0.4 is 0 Å². The predicted molar refractivity (Wildman–Crippen MR) is 63.1 cm³/mol. The highest BCUT2D eigenvalue weighted by Gasteiger charge is 2.15. The summed E-state index contributed by atoms with van der Waals surface area (Å²) in [6, 6.07) is 4.72. The Hall–Kier alpha value is -2.23. The predicted octanol–water partition coefficient (Wildman–Crippen LogP) is 2.65. The lowest BCUT2D eigenvalue weighted by molar-refractivity contribution is 0.0567. The molecule has 0 radical (unpaired) electrons. The number of fused-ring (bicyclic) bond motifs is 1. The quantitative estimate of drug-likeness (QED) is 0.652. The lowest BCUT2D eigenvalue weighted by Crippen LogP contribution is -1.98. The van der Waals surface area contributed by atoms with Gasteiger partial charge >= 0.3 is 5.97 Å². The first-order chi connectivity index (χ1) is 8.17. The molecule has 0 atom stereocenters. The zero-order chi connectivity index (χ0) is 12.4. The van der Waals surface area contributed by atoms with E-state index in [-0.39, 0.29) is 11.5 Å². The minimum Gasteiger partial charge on any atom is -0.508 e. The zero-order valence-electron chi connectivity index (χ0n) is 9.40. The van der Waals surface area contributed by atoms with Crippen molar-refractivity contribution in [3.8, 4) is 5.75 Å². The first-order valence-electron chi connectivity index (χ1n) is 5.11. The maximum Gasteiger partial charge on any atom is 0.373 e. The molecule has 2 aromatic rings. The van der Waals surface area contributed by atoms with Crippen LogP contribution in [-0.2, 0) is 11.2 Å². The highest BCUT2D eigenvalue weighted by Crippen LogP contribution is 2.30. The van der Waals surface area contributed by atoms with Crippen molar-refractivity contribution >= 4 is 16.9 Å². The number of phenols is 1. The number of methoxy groups -OCH3 is 1. The summed E-state index contributed by atoms with van der Waals surface area (Å²) in [6.07, 6.45) is 2.18. The molecule has 1 heterocycles. The smallest absolute Gasteiger partial charge is 0.373 e. The SMILES string of the molecule is C=CCc1c(O)ccc2oc(C(=O)OC)cc12. The van der Waals surface area contributed by atoms with Crippen LogP contribution in [0.1, 0.15) is 16.1 Å². The second-order valence-electron chi connectivity index (χ2n) is 3.57. The van der Waals surface area contributed by atoms with Gasteiger partial charge in [0, 0.05) is 10.9 Å². The largest absolute Gasteiger partial charge is 0.508 e. The second kappa shape index (κ2) is 4.33. The first kappa shape index (κ1) is 11.3. The van der Waals surface area contributed by atoms with E-state index in [0.29, 0.717) is 23.0 Å². The van der Waals surface area contributed by atoms with Gasteiger partial charge in [0.1, 0.15) is 11.3 Å². The molecule has 88 valence electrons. The van der Waals surface area contributed by atoms with Crippen LogP contribution >= 0.6 is 0 Å². The van der Waals surface area contributed by atoms with Gasteiger partial charge in [0.15, 0.2) is 0 Å². The van der Waals surface area contributed by atoms with Gasteiger partial charge in [-0.15, -0.1) is 6.58 Å². The third-order valence-electron chi connectivity index (χ3n) is 2.52. The van der Waals surface area contributed by atoms with Crippen LogP contribution in [0.4, 0.5) is 0 Å². The number of ether oxygens (including phenoxy) is 1. The molecular weight excluding hydrogens is 220 g/mol. The molecule has 0 aliphatic carbocycles. The second-order valence-corrected chi connectivity index (χ2v) is 3.57. The Morgan fingerprint density at radius 2 is 2.35 bits per heavy atom. The lowest BCUT2D eigenvalue weighted by atomic mass is 10.1. The minimum atomic E-state index is -0.537. The number of carbonyl (C=O) groups excluding carboxylic acids is 1. The van der Waals surface area contributed by atoms with Crippen molar-refractivity contribution in [3.63, 3.8) is 0 Å². The molecule has 4 nitrogen and oxygen atoms in total.